The van der Waals surface area contributed by atoms with Crippen LogP contribution in [0.1, 0.15) is 18.3 Å². The van der Waals surface area contributed by atoms with Crippen LogP contribution >= 0.6 is 15.9 Å². The number of aryl methyl sites for hydroxylation is 3. The zero-order valence-corrected chi connectivity index (χ0v) is 14.6. The van der Waals surface area contributed by atoms with Gasteiger partial charge < -0.3 is 20.2 Å². The lowest BCUT2D eigenvalue weighted by Gasteiger charge is -2.07. The molecule has 1 aromatic carbocycles. The fraction of sp³-hybridized carbons (Fsp3) is 0.267. The number of rotatable bonds is 5. The van der Waals surface area contributed by atoms with Gasteiger partial charge >= 0.3 is 0 Å². The van der Waals surface area contributed by atoms with Crippen LogP contribution in [-0.2, 0) is 19.4 Å². The average Bonchev–Trinajstić information content (AvgIpc) is 2.90. The maximum Gasteiger partial charge on any atom is 0.179 e. The fourth-order valence-corrected chi connectivity index (χ4v) is 3.09. The minimum Gasteiger partial charge on any atom is -0.504 e. The van der Waals surface area contributed by atoms with Gasteiger partial charge in [-0.3, -0.25) is 0 Å². The Balaban J connectivity index is 1.92. The average molecular weight is 393 g/mol. The topological polar surface area (TPSA) is 122 Å². The summed E-state index contributed by atoms with van der Waals surface area (Å²) in [5.74, 6) is 6.37. The van der Waals surface area contributed by atoms with Crippen LogP contribution in [0.3, 0.4) is 0 Å². The van der Waals surface area contributed by atoms with E-state index in [1.165, 1.54) is 12.1 Å². The molecule has 2 aromatic heterocycles. The van der Waals surface area contributed by atoms with Gasteiger partial charge in [0, 0.05) is 13.0 Å². The molecule has 0 radical (unpaired) electrons. The molecular formula is C15H17BrN6O2. The molecular weight excluding hydrogens is 376 g/mol. The van der Waals surface area contributed by atoms with Gasteiger partial charge in [-0.1, -0.05) is 6.07 Å². The highest BCUT2D eigenvalue weighted by atomic mass is 79.9. The number of nitrogen functional groups attached to an aromatic ring is 1. The first kappa shape index (κ1) is 16.5. The van der Waals surface area contributed by atoms with Gasteiger partial charge in [0.05, 0.1) is 0 Å². The summed E-state index contributed by atoms with van der Waals surface area (Å²) >= 11 is 3.41. The third-order valence-electron chi connectivity index (χ3n) is 3.72. The Labute approximate surface area is 146 Å². The van der Waals surface area contributed by atoms with Gasteiger partial charge in [-0.15, -0.1) is 0 Å². The molecule has 0 aliphatic rings. The van der Waals surface area contributed by atoms with Crippen LogP contribution in [0.15, 0.2) is 22.9 Å². The second-order valence-electron chi connectivity index (χ2n) is 5.25. The highest BCUT2D eigenvalue weighted by Crippen LogP contribution is 2.26. The molecule has 0 saturated heterocycles. The fourth-order valence-electron chi connectivity index (χ4n) is 2.49. The molecule has 9 heteroatoms. The van der Waals surface area contributed by atoms with Gasteiger partial charge in [0.2, 0.25) is 0 Å². The molecule has 2 heterocycles. The molecule has 5 N–H and O–H groups in total. The predicted molar refractivity (Wildman–Crippen MR) is 93.7 cm³/mol. The van der Waals surface area contributed by atoms with Gasteiger partial charge in [0.1, 0.15) is 5.82 Å². The number of nitrogens with two attached hydrogens (primary N) is 1. The highest BCUT2D eigenvalue weighted by Gasteiger charge is 2.15. The number of fused-ring (bicyclic) bond motifs is 1. The third kappa shape index (κ3) is 3.00. The first-order valence-electron chi connectivity index (χ1n) is 7.43. The largest absolute Gasteiger partial charge is 0.504 e. The summed E-state index contributed by atoms with van der Waals surface area (Å²) in [5, 5.41) is 18.9. The molecule has 0 spiro atoms. The summed E-state index contributed by atoms with van der Waals surface area (Å²) in [6, 6.07) is 4.75. The zero-order valence-electron chi connectivity index (χ0n) is 13.0. The summed E-state index contributed by atoms with van der Waals surface area (Å²) in [6.07, 6.45) is 1.17. The Morgan fingerprint density at radius 1 is 1.17 bits per heavy atom. The third-order valence-corrected chi connectivity index (χ3v) is 4.33. The van der Waals surface area contributed by atoms with Crippen molar-refractivity contribution in [1.82, 2.24) is 19.5 Å². The number of aromatic nitrogens is 4. The molecule has 0 atom stereocenters. The molecule has 0 amide bonds. The van der Waals surface area contributed by atoms with Crippen molar-refractivity contribution in [2.75, 3.05) is 5.43 Å². The molecule has 0 saturated carbocycles. The number of anilines is 1. The SMILES string of the molecule is CCn1c(Br)nc2c(NN)nc(CCc3ccc(O)c(O)c3)nc21. The van der Waals surface area contributed by atoms with Crippen LogP contribution in [0.5, 0.6) is 11.5 Å². The van der Waals surface area contributed by atoms with Gasteiger partial charge in [-0.25, -0.2) is 20.8 Å². The van der Waals surface area contributed by atoms with Crippen molar-refractivity contribution in [3.63, 3.8) is 0 Å². The standard InChI is InChI=1S/C15H17BrN6O2/c1-2-22-14-12(20-15(22)16)13(21-17)18-11(19-14)6-4-8-3-5-9(23)10(24)7-8/h3,5,7,23-24H,2,4,6,17H2,1H3,(H,18,19,21). The minimum absolute atomic E-state index is 0.136. The Hall–Kier alpha value is -2.39. The number of aromatic hydroxyl groups is 2. The number of imidazole rings is 1. The summed E-state index contributed by atoms with van der Waals surface area (Å²) in [7, 11) is 0. The van der Waals surface area contributed by atoms with E-state index in [0.717, 1.165) is 5.56 Å². The second-order valence-corrected chi connectivity index (χ2v) is 5.96. The molecule has 0 bridgehead atoms. The molecule has 3 aromatic rings. The van der Waals surface area contributed by atoms with E-state index < -0.39 is 0 Å². The molecule has 24 heavy (non-hydrogen) atoms. The number of halogens is 1. The maximum atomic E-state index is 9.57. The van der Waals surface area contributed by atoms with E-state index in [1.54, 1.807) is 6.07 Å². The van der Waals surface area contributed by atoms with Crippen molar-refractivity contribution < 1.29 is 10.2 Å². The Morgan fingerprint density at radius 2 is 1.96 bits per heavy atom. The van der Waals surface area contributed by atoms with E-state index in [-0.39, 0.29) is 11.5 Å². The van der Waals surface area contributed by atoms with E-state index in [2.05, 4.69) is 36.3 Å². The normalized spacial score (nSPS) is 11.1. The van der Waals surface area contributed by atoms with Crippen LogP contribution in [-0.4, -0.2) is 29.7 Å². The molecule has 126 valence electrons. The number of benzene rings is 1. The number of nitrogens with one attached hydrogen (secondary N) is 1. The van der Waals surface area contributed by atoms with Crippen LogP contribution in [0.25, 0.3) is 11.2 Å². The van der Waals surface area contributed by atoms with Gasteiger partial charge in [0.15, 0.2) is 33.2 Å². The number of hydrogen-bond acceptors (Lipinski definition) is 7. The molecule has 3 rings (SSSR count). The number of phenolic OH excluding ortho intramolecular Hbond substituents is 2. The summed E-state index contributed by atoms with van der Waals surface area (Å²) < 4.78 is 2.60. The maximum absolute atomic E-state index is 9.57. The summed E-state index contributed by atoms with van der Waals surface area (Å²) in [5.41, 5.74) is 4.76. The van der Waals surface area contributed by atoms with Crippen molar-refractivity contribution in [2.24, 2.45) is 5.84 Å². The van der Waals surface area contributed by atoms with Gasteiger partial charge in [-0.05, 0) is 47.0 Å². The monoisotopic (exact) mass is 392 g/mol. The number of hydrazine groups is 1. The Morgan fingerprint density at radius 3 is 2.62 bits per heavy atom. The molecule has 0 unspecified atom stereocenters. The van der Waals surface area contributed by atoms with Crippen molar-refractivity contribution in [1.29, 1.82) is 0 Å². The first-order chi connectivity index (χ1) is 11.5. The number of hydrogen-bond donors (Lipinski definition) is 4. The lowest BCUT2D eigenvalue weighted by Crippen LogP contribution is -2.12. The quantitative estimate of drug-likeness (QED) is 0.227. The minimum atomic E-state index is -0.138. The Bertz CT molecular complexity index is 895. The first-order valence-corrected chi connectivity index (χ1v) is 8.23. The number of phenols is 2. The smallest absolute Gasteiger partial charge is 0.179 e. The molecule has 0 fully saturated rings. The van der Waals surface area contributed by atoms with E-state index in [1.807, 2.05) is 11.5 Å². The molecule has 8 nitrogen and oxygen atoms in total. The van der Waals surface area contributed by atoms with Crippen LogP contribution in [0, 0.1) is 0 Å². The zero-order chi connectivity index (χ0) is 17.3. The van der Waals surface area contributed by atoms with E-state index in [4.69, 9.17) is 5.84 Å². The van der Waals surface area contributed by atoms with Crippen molar-refractivity contribution in [2.45, 2.75) is 26.3 Å². The number of nitrogens with zero attached hydrogens (tertiary/aromatic N) is 4. The lowest BCUT2D eigenvalue weighted by atomic mass is 10.1. The molecule has 0 aliphatic heterocycles. The van der Waals surface area contributed by atoms with Crippen molar-refractivity contribution in [3.8, 4) is 11.5 Å². The summed E-state index contributed by atoms with van der Waals surface area (Å²) in [4.78, 5) is 13.4. The van der Waals surface area contributed by atoms with Crippen LogP contribution in [0.4, 0.5) is 5.82 Å². The van der Waals surface area contributed by atoms with E-state index in [0.29, 0.717) is 46.9 Å². The lowest BCUT2D eigenvalue weighted by molar-refractivity contribution is 0.403. The van der Waals surface area contributed by atoms with Gasteiger partial charge in [-0.2, -0.15) is 0 Å². The van der Waals surface area contributed by atoms with Crippen molar-refractivity contribution >= 4 is 32.9 Å². The molecule has 0 aliphatic carbocycles. The van der Waals surface area contributed by atoms with E-state index in [9.17, 15) is 10.2 Å². The predicted octanol–water partition coefficient (Wildman–Crippen LogP) is 2.09. The van der Waals surface area contributed by atoms with Crippen LogP contribution < -0.4 is 11.3 Å². The van der Waals surface area contributed by atoms with Gasteiger partial charge in [0.25, 0.3) is 0 Å². The Kier molecular flexibility index (Phi) is 4.54. The highest BCUT2D eigenvalue weighted by molar-refractivity contribution is 9.10. The van der Waals surface area contributed by atoms with Crippen molar-refractivity contribution in [3.05, 3.63) is 34.3 Å². The van der Waals surface area contributed by atoms with E-state index >= 15 is 0 Å². The second kappa shape index (κ2) is 6.62. The van der Waals surface area contributed by atoms with Crippen LogP contribution in [0.2, 0.25) is 0 Å². The summed E-state index contributed by atoms with van der Waals surface area (Å²) in [6.45, 7) is 2.71.